The summed E-state index contributed by atoms with van der Waals surface area (Å²) in [4.78, 5) is 0. The lowest BCUT2D eigenvalue weighted by Crippen LogP contribution is -2.41. The molecule has 1 aliphatic rings. The Morgan fingerprint density at radius 2 is 1.40 bits per heavy atom. The van der Waals surface area contributed by atoms with Crippen LogP contribution >= 0.6 is 0 Å². The van der Waals surface area contributed by atoms with Gasteiger partial charge in [-0.2, -0.15) is 0 Å². The Kier molecular flexibility index (Phi) is 17.7. The van der Waals surface area contributed by atoms with Crippen molar-refractivity contribution in [2.75, 3.05) is 19.8 Å². The summed E-state index contributed by atoms with van der Waals surface area (Å²) in [5, 5.41) is 28.6. The first-order valence-corrected chi connectivity index (χ1v) is 12.6. The van der Waals surface area contributed by atoms with Crippen LogP contribution in [0.15, 0.2) is 12.2 Å². The molecule has 5 nitrogen and oxygen atoms in total. The van der Waals surface area contributed by atoms with Crippen LogP contribution in [0, 0.1) is 0 Å². The summed E-state index contributed by atoms with van der Waals surface area (Å²) in [7, 11) is 0. The molecule has 0 radical (unpaired) electrons. The van der Waals surface area contributed by atoms with E-state index in [-0.39, 0.29) is 6.61 Å². The number of unbranched alkanes of at least 4 members (excludes halogenated alkanes) is 13. The lowest BCUT2D eigenvalue weighted by molar-refractivity contribution is -0.0730. The van der Waals surface area contributed by atoms with Crippen LogP contribution in [-0.4, -0.2) is 59.6 Å². The molecule has 0 bridgehead atoms. The van der Waals surface area contributed by atoms with Gasteiger partial charge in [0.2, 0.25) is 0 Å². The maximum absolute atomic E-state index is 10.1. The van der Waals surface area contributed by atoms with Crippen LogP contribution in [0.3, 0.4) is 0 Å². The maximum atomic E-state index is 10.1. The standard InChI is InChI=1S/C25H48O5/c1-2-3-4-5-6-7-8-9-10-11-12-13-14-15-16-17-18-19-29-23-21-30-25(24(23)28)22(27)20-26/h6-7,22-28H,2-5,8-21H2,1H3/b7-6+/t22-,23+,24-,25-/m0/s1. The molecule has 30 heavy (non-hydrogen) atoms. The average molecular weight is 429 g/mol. The van der Waals surface area contributed by atoms with Gasteiger partial charge in [-0.25, -0.2) is 0 Å². The Balaban J connectivity index is 1.80. The molecule has 1 aliphatic heterocycles. The summed E-state index contributed by atoms with van der Waals surface area (Å²) >= 11 is 0. The van der Waals surface area contributed by atoms with E-state index in [9.17, 15) is 10.2 Å². The SMILES string of the molecule is CCCCC/C=C/CCCCCCCCCCCCO[C@@H]1CO[C@@H]([C@@H](O)CO)[C@H]1O. The third kappa shape index (κ3) is 13.1. The number of ether oxygens (including phenoxy) is 2. The van der Waals surface area contributed by atoms with Gasteiger partial charge in [0.05, 0.1) is 13.2 Å². The predicted molar refractivity (Wildman–Crippen MR) is 123 cm³/mol. The van der Waals surface area contributed by atoms with Crippen LogP contribution in [0.2, 0.25) is 0 Å². The van der Waals surface area contributed by atoms with Crippen LogP contribution < -0.4 is 0 Å². The van der Waals surface area contributed by atoms with Crippen molar-refractivity contribution in [1.82, 2.24) is 0 Å². The zero-order valence-electron chi connectivity index (χ0n) is 19.4. The normalized spacial score (nSPS) is 22.9. The highest BCUT2D eigenvalue weighted by Gasteiger charge is 2.40. The molecule has 0 saturated carbocycles. The number of hydrogen-bond acceptors (Lipinski definition) is 5. The predicted octanol–water partition coefficient (Wildman–Crippen LogP) is 4.91. The lowest BCUT2D eigenvalue weighted by atomic mass is 10.1. The van der Waals surface area contributed by atoms with E-state index >= 15 is 0 Å². The summed E-state index contributed by atoms with van der Waals surface area (Å²) in [6, 6.07) is 0. The van der Waals surface area contributed by atoms with E-state index in [1.165, 1.54) is 83.5 Å². The van der Waals surface area contributed by atoms with Gasteiger partial charge in [-0.05, 0) is 32.1 Å². The zero-order valence-corrected chi connectivity index (χ0v) is 19.4. The van der Waals surface area contributed by atoms with Crippen LogP contribution in [0.5, 0.6) is 0 Å². The number of aliphatic hydroxyl groups excluding tert-OH is 3. The quantitative estimate of drug-likeness (QED) is 0.190. The Morgan fingerprint density at radius 3 is 1.97 bits per heavy atom. The van der Waals surface area contributed by atoms with Crippen LogP contribution in [0.4, 0.5) is 0 Å². The molecule has 0 aliphatic carbocycles. The van der Waals surface area contributed by atoms with E-state index in [0.29, 0.717) is 6.61 Å². The lowest BCUT2D eigenvalue weighted by Gasteiger charge is -2.20. The number of aliphatic hydroxyl groups is 3. The minimum Gasteiger partial charge on any atom is -0.394 e. The molecule has 3 N–H and O–H groups in total. The Bertz CT molecular complexity index is 401. The maximum Gasteiger partial charge on any atom is 0.114 e. The van der Waals surface area contributed by atoms with E-state index in [1.54, 1.807) is 0 Å². The second kappa shape index (κ2) is 19.2. The van der Waals surface area contributed by atoms with Crippen molar-refractivity contribution in [2.24, 2.45) is 0 Å². The molecule has 1 rings (SSSR count). The summed E-state index contributed by atoms with van der Waals surface area (Å²) in [5.41, 5.74) is 0. The van der Waals surface area contributed by atoms with Gasteiger partial charge in [0.25, 0.3) is 0 Å². The molecule has 5 heteroatoms. The first-order chi connectivity index (χ1) is 14.7. The molecule has 0 aromatic carbocycles. The topological polar surface area (TPSA) is 79.2 Å². The smallest absolute Gasteiger partial charge is 0.114 e. The summed E-state index contributed by atoms with van der Waals surface area (Å²) in [6.45, 7) is 2.73. The second-order valence-electron chi connectivity index (χ2n) is 8.74. The van der Waals surface area contributed by atoms with Crippen molar-refractivity contribution in [3.63, 3.8) is 0 Å². The fourth-order valence-electron chi connectivity index (χ4n) is 3.97. The Hall–Kier alpha value is -0.460. The monoisotopic (exact) mass is 428 g/mol. The molecule has 0 aromatic rings. The van der Waals surface area contributed by atoms with Gasteiger partial charge >= 0.3 is 0 Å². The molecule has 0 unspecified atom stereocenters. The van der Waals surface area contributed by atoms with E-state index in [0.717, 1.165) is 12.8 Å². The van der Waals surface area contributed by atoms with Gasteiger partial charge in [-0.3, -0.25) is 0 Å². The van der Waals surface area contributed by atoms with E-state index in [2.05, 4.69) is 19.1 Å². The van der Waals surface area contributed by atoms with Crippen molar-refractivity contribution in [1.29, 1.82) is 0 Å². The fourth-order valence-corrected chi connectivity index (χ4v) is 3.97. The Labute approximate surface area is 184 Å². The molecule has 1 fully saturated rings. The van der Waals surface area contributed by atoms with Crippen molar-refractivity contribution in [2.45, 2.75) is 128 Å². The highest BCUT2D eigenvalue weighted by Crippen LogP contribution is 2.20. The van der Waals surface area contributed by atoms with Crippen LogP contribution in [0.1, 0.15) is 103 Å². The molecule has 0 spiro atoms. The first kappa shape index (κ1) is 27.6. The van der Waals surface area contributed by atoms with Crippen molar-refractivity contribution in [3.05, 3.63) is 12.2 Å². The number of allylic oxidation sites excluding steroid dienone is 2. The van der Waals surface area contributed by atoms with Gasteiger partial charge in [0.15, 0.2) is 0 Å². The molecule has 4 atom stereocenters. The molecule has 0 aromatic heterocycles. The van der Waals surface area contributed by atoms with Gasteiger partial charge < -0.3 is 24.8 Å². The molecule has 1 saturated heterocycles. The summed E-state index contributed by atoms with van der Waals surface area (Å²) < 4.78 is 11.0. The number of rotatable bonds is 20. The van der Waals surface area contributed by atoms with Gasteiger partial charge in [0.1, 0.15) is 24.4 Å². The van der Waals surface area contributed by atoms with Crippen molar-refractivity contribution >= 4 is 0 Å². The zero-order chi connectivity index (χ0) is 21.9. The Morgan fingerprint density at radius 1 is 0.867 bits per heavy atom. The van der Waals surface area contributed by atoms with Crippen LogP contribution in [-0.2, 0) is 9.47 Å². The van der Waals surface area contributed by atoms with Gasteiger partial charge in [-0.15, -0.1) is 0 Å². The largest absolute Gasteiger partial charge is 0.394 e. The molecule has 1 heterocycles. The molecule has 178 valence electrons. The summed E-state index contributed by atoms with van der Waals surface area (Å²) in [5.74, 6) is 0. The van der Waals surface area contributed by atoms with Crippen molar-refractivity contribution < 1.29 is 24.8 Å². The highest BCUT2D eigenvalue weighted by molar-refractivity contribution is 4.88. The van der Waals surface area contributed by atoms with Gasteiger partial charge in [0, 0.05) is 6.61 Å². The third-order valence-electron chi connectivity index (χ3n) is 5.97. The van der Waals surface area contributed by atoms with Crippen LogP contribution in [0.25, 0.3) is 0 Å². The molecular formula is C25H48O5. The van der Waals surface area contributed by atoms with E-state index in [1.807, 2.05) is 0 Å². The van der Waals surface area contributed by atoms with E-state index in [4.69, 9.17) is 14.6 Å². The number of hydrogen-bond donors (Lipinski definition) is 3. The average Bonchev–Trinajstić information content (AvgIpc) is 3.12. The minimum absolute atomic E-state index is 0.276. The van der Waals surface area contributed by atoms with E-state index < -0.39 is 31.0 Å². The van der Waals surface area contributed by atoms with Gasteiger partial charge in [-0.1, -0.05) is 83.3 Å². The minimum atomic E-state index is -1.05. The summed E-state index contributed by atoms with van der Waals surface area (Å²) in [6.07, 6.45) is 21.0. The third-order valence-corrected chi connectivity index (χ3v) is 5.97. The van der Waals surface area contributed by atoms with Crippen molar-refractivity contribution in [3.8, 4) is 0 Å². The first-order valence-electron chi connectivity index (χ1n) is 12.6. The highest BCUT2D eigenvalue weighted by atomic mass is 16.6. The second-order valence-corrected chi connectivity index (χ2v) is 8.74. The molecule has 0 amide bonds. The molecular weight excluding hydrogens is 380 g/mol. The fraction of sp³-hybridized carbons (Fsp3) is 0.920.